The van der Waals surface area contributed by atoms with Crippen molar-refractivity contribution in [1.82, 2.24) is 0 Å². The van der Waals surface area contributed by atoms with Gasteiger partial charge in [-0.15, -0.1) is 11.3 Å². The Morgan fingerprint density at radius 1 is 1.08 bits per heavy atom. The van der Waals surface area contributed by atoms with E-state index in [-0.39, 0.29) is 11.4 Å². The van der Waals surface area contributed by atoms with E-state index in [2.05, 4.69) is 17.0 Å². The molecule has 1 aliphatic rings. The first-order valence-electron chi connectivity index (χ1n) is 8.33. The van der Waals surface area contributed by atoms with Gasteiger partial charge in [0, 0.05) is 18.8 Å². The molecule has 1 fully saturated rings. The molecule has 2 heterocycles. The second kappa shape index (κ2) is 7.94. The first-order chi connectivity index (χ1) is 11.8. The van der Waals surface area contributed by atoms with Crippen LogP contribution in [0.1, 0.15) is 40.9 Å². The first-order valence-corrected chi connectivity index (χ1v) is 9.21. The van der Waals surface area contributed by atoms with E-state index in [9.17, 15) is 10.1 Å². The van der Waals surface area contributed by atoms with E-state index in [1.807, 2.05) is 29.6 Å². The Morgan fingerprint density at radius 2 is 1.79 bits per heavy atom. The summed E-state index contributed by atoms with van der Waals surface area (Å²) >= 11 is 1.36. The summed E-state index contributed by atoms with van der Waals surface area (Å²) in [5.41, 5.74) is 2.28. The van der Waals surface area contributed by atoms with Gasteiger partial charge in [0.25, 0.3) is 0 Å². The molecule has 0 amide bonds. The maximum atomic E-state index is 12.3. The second-order valence-electron chi connectivity index (χ2n) is 5.97. The topological polar surface area (TPSA) is 44.1 Å². The lowest BCUT2D eigenvalue weighted by atomic mass is 10.1. The maximum Gasteiger partial charge on any atom is 0.213 e. The molecule has 0 unspecified atom stereocenters. The molecule has 0 saturated carbocycles. The normalized spacial score (nSPS) is 15.6. The van der Waals surface area contributed by atoms with Gasteiger partial charge in [-0.1, -0.05) is 31.0 Å². The maximum absolute atomic E-state index is 12.3. The number of Topliss-reactive ketones (excluding diaryl/α,β-unsaturated/α-hetero) is 1. The minimum Gasteiger partial charge on any atom is -0.372 e. The number of hydrogen-bond acceptors (Lipinski definition) is 4. The summed E-state index contributed by atoms with van der Waals surface area (Å²) in [6, 6.07) is 13.7. The van der Waals surface area contributed by atoms with Crippen molar-refractivity contribution >= 4 is 28.9 Å². The molecule has 1 aromatic heterocycles. The van der Waals surface area contributed by atoms with Gasteiger partial charge in [-0.2, -0.15) is 5.26 Å². The molecule has 0 radical (unpaired) electrons. The van der Waals surface area contributed by atoms with Gasteiger partial charge in [-0.25, -0.2) is 0 Å². The van der Waals surface area contributed by atoms with Crippen LogP contribution in [-0.4, -0.2) is 18.9 Å². The summed E-state index contributed by atoms with van der Waals surface area (Å²) < 4.78 is 0. The minimum atomic E-state index is -0.205. The standard InChI is InChI=1S/C20H20N2OS/c21-15-17(20(23)19-6-5-13-24-19)14-16-7-9-18(10-8-16)22-11-3-1-2-4-12-22/h5-10,13-14H,1-4,11-12H2/b17-14+. The van der Waals surface area contributed by atoms with Gasteiger partial charge in [0.2, 0.25) is 5.78 Å². The number of ketones is 1. The van der Waals surface area contributed by atoms with Crippen molar-refractivity contribution in [2.45, 2.75) is 25.7 Å². The molecule has 2 aromatic rings. The van der Waals surface area contributed by atoms with E-state index in [0.717, 1.165) is 18.7 Å². The van der Waals surface area contributed by atoms with Gasteiger partial charge in [-0.3, -0.25) is 4.79 Å². The highest BCUT2D eigenvalue weighted by Gasteiger charge is 2.13. The summed E-state index contributed by atoms with van der Waals surface area (Å²) in [5.74, 6) is -0.205. The van der Waals surface area contributed by atoms with E-state index in [4.69, 9.17) is 0 Å². The number of carbonyl (C=O) groups excluding carboxylic acids is 1. The Hall–Kier alpha value is -2.38. The van der Waals surface area contributed by atoms with Crippen LogP contribution in [0.25, 0.3) is 6.08 Å². The molecule has 24 heavy (non-hydrogen) atoms. The lowest BCUT2D eigenvalue weighted by Crippen LogP contribution is -2.23. The molecule has 0 atom stereocenters. The minimum absolute atomic E-state index is 0.181. The van der Waals surface area contributed by atoms with Crippen molar-refractivity contribution in [3.05, 3.63) is 57.8 Å². The summed E-state index contributed by atoms with van der Waals surface area (Å²) in [7, 11) is 0. The smallest absolute Gasteiger partial charge is 0.213 e. The molecular formula is C20H20N2OS. The summed E-state index contributed by atoms with van der Waals surface area (Å²) in [5, 5.41) is 11.1. The number of nitriles is 1. The summed E-state index contributed by atoms with van der Waals surface area (Å²) in [6.07, 6.45) is 6.79. The van der Waals surface area contributed by atoms with Crippen LogP contribution in [0.5, 0.6) is 0 Å². The molecule has 1 aliphatic heterocycles. The van der Waals surface area contributed by atoms with Crippen LogP contribution in [0.4, 0.5) is 5.69 Å². The molecule has 1 aromatic carbocycles. The van der Waals surface area contributed by atoms with Gasteiger partial charge < -0.3 is 4.90 Å². The van der Waals surface area contributed by atoms with E-state index in [1.165, 1.54) is 42.7 Å². The van der Waals surface area contributed by atoms with Crippen LogP contribution in [0.15, 0.2) is 47.4 Å². The zero-order valence-electron chi connectivity index (χ0n) is 13.6. The van der Waals surface area contributed by atoms with Crippen molar-refractivity contribution < 1.29 is 4.79 Å². The molecule has 0 bridgehead atoms. The Morgan fingerprint density at radius 3 is 2.38 bits per heavy atom. The highest BCUT2D eigenvalue weighted by atomic mass is 32.1. The number of hydrogen-bond donors (Lipinski definition) is 0. The quantitative estimate of drug-likeness (QED) is 0.452. The van der Waals surface area contributed by atoms with Crippen molar-refractivity contribution in [1.29, 1.82) is 5.26 Å². The van der Waals surface area contributed by atoms with Crippen LogP contribution < -0.4 is 4.90 Å². The van der Waals surface area contributed by atoms with E-state index in [0.29, 0.717) is 4.88 Å². The fourth-order valence-electron chi connectivity index (χ4n) is 2.97. The van der Waals surface area contributed by atoms with Gasteiger partial charge in [-0.05, 0) is 48.1 Å². The average Bonchev–Trinajstić information content (AvgIpc) is 3.02. The molecule has 3 nitrogen and oxygen atoms in total. The lowest BCUT2D eigenvalue weighted by molar-refractivity contribution is 0.104. The monoisotopic (exact) mass is 336 g/mol. The largest absolute Gasteiger partial charge is 0.372 e. The molecule has 0 spiro atoms. The highest BCUT2D eigenvalue weighted by molar-refractivity contribution is 7.12. The number of anilines is 1. The van der Waals surface area contributed by atoms with Gasteiger partial charge >= 0.3 is 0 Å². The van der Waals surface area contributed by atoms with Crippen molar-refractivity contribution in [2.75, 3.05) is 18.0 Å². The van der Waals surface area contributed by atoms with Gasteiger partial charge in [0.1, 0.15) is 11.6 Å². The fraction of sp³-hybridized carbons (Fsp3) is 0.300. The third-order valence-corrected chi connectivity index (χ3v) is 5.15. The highest BCUT2D eigenvalue weighted by Crippen LogP contribution is 2.22. The zero-order chi connectivity index (χ0) is 16.8. The van der Waals surface area contributed by atoms with Crippen molar-refractivity contribution in [3.8, 4) is 6.07 Å². The van der Waals surface area contributed by atoms with Crippen LogP contribution in [0.2, 0.25) is 0 Å². The molecule has 122 valence electrons. The number of allylic oxidation sites excluding steroid dienone is 1. The predicted molar refractivity (Wildman–Crippen MR) is 99.4 cm³/mol. The third-order valence-electron chi connectivity index (χ3n) is 4.29. The fourth-order valence-corrected chi connectivity index (χ4v) is 3.64. The molecule has 1 saturated heterocycles. The van der Waals surface area contributed by atoms with Crippen LogP contribution in [-0.2, 0) is 0 Å². The molecule has 4 heteroatoms. The van der Waals surface area contributed by atoms with Crippen molar-refractivity contribution in [2.24, 2.45) is 0 Å². The van der Waals surface area contributed by atoms with E-state index >= 15 is 0 Å². The molecule has 0 aliphatic carbocycles. The lowest BCUT2D eigenvalue weighted by Gasteiger charge is -2.22. The number of thiophene rings is 1. The summed E-state index contributed by atoms with van der Waals surface area (Å²) in [6.45, 7) is 2.21. The van der Waals surface area contributed by atoms with Gasteiger partial charge in [0.15, 0.2) is 0 Å². The average molecular weight is 336 g/mol. The van der Waals surface area contributed by atoms with Crippen molar-refractivity contribution in [3.63, 3.8) is 0 Å². The second-order valence-corrected chi connectivity index (χ2v) is 6.92. The number of carbonyl (C=O) groups is 1. The van der Waals surface area contributed by atoms with E-state index < -0.39 is 0 Å². The Labute approximate surface area is 146 Å². The van der Waals surface area contributed by atoms with Crippen LogP contribution in [0, 0.1) is 11.3 Å². The SMILES string of the molecule is N#C/C(=C\c1ccc(N2CCCCCC2)cc1)C(=O)c1cccs1. The number of benzene rings is 1. The number of nitrogens with zero attached hydrogens (tertiary/aromatic N) is 2. The summed E-state index contributed by atoms with van der Waals surface area (Å²) in [4.78, 5) is 15.3. The Balaban J connectivity index is 1.77. The Kier molecular flexibility index (Phi) is 5.45. The Bertz CT molecular complexity index is 746. The zero-order valence-corrected chi connectivity index (χ0v) is 14.4. The predicted octanol–water partition coefficient (Wildman–Crippen LogP) is 4.92. The molecule has 3 rings (SSSR count). The van der Waals surface area contributed by atoms with E-state index in [1.54, 1.807) is 12.1 Å². The van der Waals surface area contributed by atoms with Crippen LogP contribution in [0.3, 0.4) is 0 Å². The van der Waals surface area contributed by atoms with Gasteiger partial charge in [0.05, 0.1) is 4.88 Å². The molecular weight excluding hydrogens is 316 g/mol. The third kappa shape index (κ3) is 3.93. The first kappa shape index (κ1) is 16.5. The van der Waals surface area contributed by atoms with Crippen LogP contribution >= 0.6 is 11.3 Å². The number of rotatable bonds is 4. The molecule has 0 N–H and O–H groups in total.